The summed E-state index contributed by atoms with van der Waals surface area (Å²) in [4.78, 5) is 14.1. The number of nitrogens with zero attached hydrogens (tertiary/aromatic N) is 1. The average molecular weight is 321 g/mol. The molecule has 0 spiro atoms. The molecule has 0 radical (unpaired) electrons. The number of hydrogen-bond donors (Lipinski definition) is 2. The van der Waals surface area contributed by atoms with E-state index in [0.717, 1.165) is 57.0 Å². The Bertz CT molecular complexity index is 476. The molecule has 6 nitrogen and oxygen atoms in total. The van der Waals surface area contributed by atoms with Gasteiger partial charge in [0, 0.05) is 26.2 Å². The lowest BCUT2D eigenvalue weighted by Gasteiger charge is -2.26. The van der Waals surface area contributed by atoms with Gasteiger partial charge in [-0.3, -0.25) is 4.90 Å². The molecule has 128 valence electrons. The summed E-state index contributed by atoms with van der Waals surface area (Å²) in [7, 11) is 1.65. The van der Waals surface area contributed by atoms with Crippen molar-refractivity contribution in [3.05, 3.63) is 29.8 Å². The van der Waals surface area contributed by atoms with Crippen molar-refractivity contribution in [2.24, 2.45) is 0 Å². The molecule has 0 aliphatic carbocycles. The monoisotopic (exact) mass is 321 g/mol. The van der Waals surface area contributed by atoms with Crippen molar-refractivity contribution < 1.29 is 14.3 Å². The Kier molecular flexibility index (Phi) is 7.69. The number of morpholine rings is 1. The highest BCUT2D eigenvalue weighted by atomic mass is 16.5. The van der Waals surface area contributed by atoms with Crippen LogP contribution < -0.4 is 15.4 Å². The molecule has 23 heavy (non-hydrogen) atoms. The molecule has 1 fully saturated rings. The largest absolute Gasteiger partial charge is 0.497 e. The zero-order valence-electron chi connectivity index (χ0n) is 13.8. The Hall–Kier alpha value is -1.79. The van der Waals surface area contributed by atoms with Crippen LogP contribution in [0.15, 0.2) is 24.3 Å². The van der Waals surface area contributed by atoms with Gasteiger partial charge in [0.2, 0.25) is 0 Å². The van der Waals surface area contributed by atoms with Gasteiger partial charge in [0.1, 0.15) is 5.75 Å². The van der Waals surface area contributed by atoms with Crippen molar-refractivity contribution >= 4 is 6.03 Å². The van der Waals surface area contributed by atoms with Crippen LogP contribution in [0.1, 0.15) is 12.0 Å². The number of urea groups is 1. The van der Waals surface area contributed by atoms with E-state index in [4.69, 9.17) is 9.47 Å². The Morgan fingerprint density at radius 2 is 2.04 bits per heavy atom. The summed E-state index contributed by atoms with van der Waals surface area (Å²) in [6, 6.07) is 7.79. The van der Waals surface area contributed by atoms with Crippen LogP contribution in [0.25, 0.3) is 0 Å². The van der Waals surface area contributed by atoms with Crippen molar-refractivity contribution in [1.82, 2.24) is 15.5 Å². The third-order valence-corrected chi connectivity index (χ3v) is 3.87. The van der Waals surface area contributed by atoms with Gasteiger partial charge in [-0.15, -0.1) is 0 Å². The second kappa shape index (κ2) is 10.1. The lowest BCUT2D eigenvalue weighted by atomic mass is 10.1. The van der Waals surface area contributed by atoms with Crippen molar-refractivity contribution in [3.63, 3.8) is 0 Å². The quantitative estimate of drug-likeness (QED) is 0.708. The van der Waals surface area contributed by atoms with E-state index in [1.807, 2.05) is 24.3 Å². The highest BCUT2D eigenvalue weighted by Crippen LogP contribution is 2.12. The first-order valence-electron chi connectivity index (χ1n) is 8.22. The summed E-state index contributed by atoms with van der Waals surface area (Å²) >= 11 is 0. The maximum absolute atomic E-state index is 11.7. The lowest BCUT2D eigenvalue weighted by molar-refractivity contribution is 0.0375. The number of rotatable bonds is 8. The van der Waals surface area contributed by atoms with Crippen LogP contribution in [0.3, 0.4) is 0 Å². The molecule has 0 aromatic heterocycles. The van der Waals surface area contributed by atoms with E-state index in [1.165, 1.54) is 0 Å². The lowest BCUT2D eigenvalue weighted by Crippen LogP contribution is -2.40. The first-order valence-corrected chi connectivity index (χ1v) is 8.22. The molecule has 1 aromatic carbocycles. The number of methoxy groups -OCH3 is 1. The van der Waals surface area contributed by atoms with Crippen molar-refractivity contribution in [1.29, 1.82) is 0 Å². The van der Waals surface area contributed by atoms with Gasteiger partial charge in [-0.1, -0.05) is 12.1 Å². The predicted molar refractivity (Wildman–Crippen MR) is 90.0 cm³/mol. The molecule has 2 amide bonds. The van der Waals surface area contributed by atoms with E-state index in [2.05, 4.69) is 15.5 Å². The number of amides is 2. The molecule has 2 rings (SSSR count). The minimum atomic E-state index is -0.102. The number of ether oxygens (including phenoxy) is 2. The molecule has 0 bridgehead atoms. The minimum absolute atomic E-state index is 0.102. The first-order chi connectivity index (χ1) is 11.3. The van der Waals surface area contributed by atoms with E-state index in [1.54, 1.807) is 7.11 Å². The molecule has 1 aliphatic rings. The molecule has 0 atom stereocenters. The van der Waals surface area contributed by atoms with Crippen molar-refractivity contribution in [3.8, 4) is 5.75 Å². The number of hydrogen-bond acceptors (Lipinski definition) is 4. The summed E-state index contributed by atoms with van der Waals surface area (Å²) in [5, 5.41) is 5.78. The van der Waals surface area contributed by atoms with Crippen LogP contribution in [-0.2, 0) is 11.2 Å². The highest BCUT2D eigenvalue weighted by Gasteiger charge is 2.09. The molecule has 6 heteroatoms. The van der Waals surface area contributed by atoms with Gasteiger partial charge in [-0.05, 0) is 37.1 Å². The van der Waals surface area contributed by atoms with Gasteiger partial charge in [-0.25, -0.2) is 4.79 Å². The van der Waals surface area contributed by atoms with Crippen molar-refractivity contribution in [2.45, 2.75) is 12.8 Å². The average Bonchev–Trinajstić information content (AvgIpc) is 2.60. The zero-order valence-corrected chi connectivity index (χ0v) is 13.8. The SMILES string of the molecule is COc1cccc(CCNC(=O)NCCCN2CCOCC2)c1. The molecule has 0 saturated carbocycles. The van der Waals surface area contributed by atoms with Crippen LogP contribution >= 0.6 is 0 Å². The van der Waals surface area contributed by atoms with Crippen LogP contribution in [-0.4, -0.2) is 64.0 Å². The summed E-state index contributed by atoms with van der Waals surface area (Å²) in [6.45, 7) is 5.94. The summed E-state index contributed by atoms with van der Waals surface area (Å²) in [5.41, 5.74) is 1.15. The number of nitrogens with one attached hydrogen (secondary N) is 2. The maximum Gasteiger partial charge on any atom is 0.314 e. The van der Waals surface area contributed by atoms with Gasteiger partial charge in [0.25, 0.3) is 0 Å². The highest BCUT2D eigenvalue weighted by molar-refractivity contribution is 5.73. The molecule has 0 unspecified atom stereocenters. The van der Waals surface area contributed by atoms with Crippen LogP contribution in [0.5, 0.6) is 5.75 Å². The number of carbonyl (C=O) groups excluding carboxylic acids is 1. The normalized spacial score (nSPS) is 15.2. The predicted octanol–water partition coefficient (Wildman–Crippen LogP) is 1.26. The molecular weight excluding hydrogens is 294 g/mol. The van der Waals surface area contributed by atoms with Crippen LogP contribution in [0, 0.1) is 0 Å². The maximum atomic E-state index is 11.7. The van der Waals surface area contributed by atoms with Gasteiger partial charge in [-0.2, -0.15) is 0 Å². The summed E-state index contributed by atoms with van der Waals surface area (Å²) in [6.07, 6.45) is 1.75. The fourth-order valence-corrected chi connectivity index (χ4v) is 2.54. The van der Waals surface area contributed by atoms with Gasteiger partial charge >= 0.3 is 6.03 Å². The topological polar surface area (TPSA) is 62.8 Å². The molecule has 1 saturated heterocycles. The smallest absolute Gasteiger partial charge is 0.314 e. The van der Waals surface area contributed by atoms with E-state index in [-0.39, 0.29) is 6.03 Å². The van der Waals surface area contributed by atoms with Gasteiger partial charge in [0.05, 0.1) is 20.3 Å². The second-order valence-electron chi connectivity index (χ2n) is 5.59. The summed E-state index contributed by atoms with van der Waals surface area (Å²) in [5.74, 6) is 0.843. The Morgan fingerprint density at radius 1 is 1.26 bits per heavy atom. The van der Waals surface area contributed by atoms with E-state index >= 15 is 0 Å². The van der Waals surface area contributed by atoms with E-state index in [0.29, 0.717) is 13.1 Å². The second-order valence-corrected chi connectivity index (χ2v) is 5.59. The number of benzene rings is 1. The van der Waals surface area contributed by atoms with Gasteiger partial charge in [0.15, 0.2) is 0 Å². The van der Waals surface area contributed by atoms with Crippen LogP contribution in [0.4, 0.5) is 4.79 Å². The molecule has 2 N–H and O–H groups in total. The van der Waals surface area contributed by atoms with E-state index in [9.17, 15) is 4.79 Å². The summed E-state index contributed by atoms with van der Waals surface area (Å²) < 4.78 is 10.5. The molecule has 1 heterocycles. The molecular formula is C17H27N3O3. The van der Waals surface area contributed by atoms with Crippen LogP contribution in [0.2, 0.25) is 0 Å². The Labute approximate surface area is 138 Å². The fraction of sp³-hybridized carbons (Fsp3) is 0.588. The Balaban J connectivity index is 1.52. The minimum Gasteiger partial charge on any atom is -0.497 e. The van der Waals surface area contributed by atoms with Gasteiger partial charge < -0.3 is 20.1 Å². The molecule has 1 aromatic rings. The third-order valence-electron chi connectivity index (χ3n) is 3.87. The third kappa shape index (κ3) is 6.88. The number of carbonyl (C=O) groups is 1. The Morgan fingerprint density at radius 3 is 2.83 bits per heavy atom. The van der Waals surface area contributed by atoms with E-state index < -0.39 is 0 Å². The standard InChI is InChI=1S/C17H27N3O3/c1-22-16-5-2-4-15(14-16)6-8-19-17(21)18-7-3-9-20-10-12-23-13-11-20/h2,4-5,14H,3,6-13H2,1H3,(H2,18,19,21). The zero-order chi connectivity index (χ0) is 16.3. The fourth-order valence-electron chi connectivity index (χ4n) is 2.54. The molecule has 1 aliphatic heterocycles. The van der Waals surface area contributed by atoms with Crippen molar-refractivity contribution in [2.75, 3.05) is 53.0 Å². The first kappa shape index (κ1) is 17.6.